The zero-order chi connectivity index (χ0) is 19.3. The number of nitrogens with one attached hydrogen (secondary N) is 1. The lowest BCUT2D eigenvalue weighted by Crippen LogP contribution is -2.22. The van der Waals surface area contributed by atoms with Gasteiger partial charge >= 0.3 is 0 Å². The van der Waals surface area contributed by atoms with E-state index in [1.54, 1.807) is 0 Å². The topological polar surface area (TPSA) is 75.7 Å². The van der Waals surface area contributed by atoms with Crippen molar-refractivity contribution in [1.29, 1.82) is 0 Å². The zero-order valence-electron chi connectivity index (χ0n) is 15.1. The minimum Gasteiger partial charge on any atom is -0.495 e. The van der Waals surface area contributed by atoms with Crippen molar-refractivity contribution in [2.24, 2.45) is 0 Å². The first-order valence-corrected chi connectivity index (χ1v) is 10.3. The number of thioether (sulfide) groups is 1. The van der Waals surface area contributed by atoms with Crippen LogP contribution in [0.4, 0.5) is 5.69 Å². The third-order valence-corrected chi connectivity index (χ3v) is 6.66. The predicted octanol–water partition coefficient (Wildman–Crippen LogP) is 2.98. The second-order valence-electron chi connectivity index (χ2n) is 5.75. The number of anilines is 1. The summed E-state index contributed by atoms with van der Waals surface area (Å²) in [5.74, 6) is 0.367. The SMILES string of the molecule is COc1ccc(S(=O)(=O)N(C)C)cc1NC(=O)CSc1ccccc1C. The molecule has 2 rings (SSSR count). The van der Waals surface area contributed by atoms with Crippen LogP contribution in [0.1, 0.15) is 5.56 Å². The number of amides is 1. The molecule has 0 aromatic heterocycles. The lowest BCUT2D eigenvalue weighted by molar-refractivity contribution is -0.113. The number of methoxy groups -OCH3 is 1. The molecule has 0 saturated heterocycles. The average Bonchev–Trinajstić information content (AvgIpc) is 2.60. The fourth-order valence-corrected chi connectivity index (χ4v) is 3.96. The number of nitrogens with zero attached hydrogens (tertiary/aromatic N) is 1. The van der Waals surface area contributed by atoms with Gasteiger partial charge in [-0.25, -0.2) is 12.7 Å². The number of carbonyl (C=O) groups is 1. The van der Waals surface area contributed by atoms with Crippen molar-refractivity contribution in [1.82, 2.24) is 4.31 Å². The highest BCUT2D eigenvalue weighted by Gasteiger charge is 2.20. The molecule has 0 fully saturated rings. The van der Waals surface area contributed by atoms with Gasteiger partial charge in [0.2, 0.25) is 15.9 Å². The fraction of sp³-hybridized carbons (Fsp3) is 0.278. The number of rotatable bonds is 7. The maximum atomic E-state index is 12.3. The van der Waals surface area contributed by atoms with Crippen LogP contribution in [0.2, 0.25) is 0 Å². The van der Waals surface area contributed by atoms with Crippen molar-refractivity contribution in [2.45, 2.75) is 16.7 Å². The van der Waals surface area contributed by atoms with Crippen molar-refractivity contribution in [3.8, 4) is 5.75 Å². The number of ether oxygens (including phenoxy) is 1. The van der Waals surface area contributed by atoms with Gasteiger partial charge in [-0.05, 0) is 36.8 Å². The number of sulfonamides is 1. The predicted molar refractivity (Wildman–Crippen MR) is 104 cm³/mol. The molecule has 0 unspecified atom stereocenters. The Morgan fingerprint density at radius 3 is 2.50 bits per heavy atom. The Morgan fingerprint density at radius 2 is 1.88 bits per heavy atom. The minimum atomic E-state index is -3.60. The van der Waals surface area contributed by atoms with Crippen LogP contribution in [0.5, 0.6) is 5.75 Å². The number of aryl methyl sites for hydroxylation is 1. The third-order valence-electron chi connectivity index (χ3n) is 3.68. The van der Waals surface area contributed by atoms with Crippen LogP contribution in [0, 0.1) is 6.92 Å². The molecule has 0 heterocycles. The molecule has 0 radical (unpaired) electrons. The van der Waals surface area contributed by atoms with Crippen molar-refractivity contribution in [3.63, 3.8) is 0 Å². The quantitative estimate of drug-likeness (QED) is 0.731. The molecule has 1 N–H and O–H groups in total. The summed E-state index contributed by atoms with van der Waals surface area (Å²) in [4.78, 5) is 13.4. The summed E-state index contributed by atoms with van der Waals surface area (Å²) >= 11 is 1.42. The van der Waals surface area contributed by atoms with Gasteiger partial charge in [-0.15, -0.1) is 11.8 Å². The number of benzene rings is 2. The largest absolute Gasteiger partial charge is 0.495 e. The minimum absolute atomic E-state index is 0.0881. The average molecular weight is 395 g/mol. The van der Waals surface area contributed by atoms with Gasteiger partial charge in [0.1, 0.15) is 5.75 Å². The molecule has 0 aliphatic rings. The van der Waals surface area contributed by atoms with Crippen LogP contribution in [0.3, 0.4) is 0 Å². The Bertz CT molecular complexity index is 896. The van der Waals surface area contributed by atoms with Crippen LogP contribution in [-0.4, -0.2) is 45.6 Å². The second kappa shape index (κ2) is 8.57. The maximum Gasteiger partial charge on any atom is 0.242 e. The standard InChI is InChI=1S/C18H22N2O4S2/c1-13-7-5-6-8-17(13)25-12-18(21)19-15-11-14(9-10-16(15)24-4)26(22,23)20(2)3/h5-11H,12H2,1-4H3,(H,19,21). The van der Waals surface area contributed by atoms with Crippen LogP contribution in [-0.2, 0) is 14.8 Å². The van der Waals surface area contributed by atoms with Crippen LogP contribution in [0.25, 0.3) is 0 Å². The molecule has 0 spiro atoms. The molecule has 0 bridgehead atoms. The van der Waals surface area contributed by atoms with Gasteiger partial charge in [-0.1, -0.05) is 18.2 Å². The summed E-state index contributed by atoms with van der Waals surface area (Å²) in [7, 11) is 0.776. The molecule has 2 aromatic carbocycles. The summed E-state index contributed by atoms with van der Waals surface area (Å²) in [6, 6.07) is 12.2. The van der Waals surface area contributed by atoms with Crippen molar-refractivity contribution < 1.29 is 17.9 Å². The van der Waals surface area contributed by atoms with Gasteiger partial charge in [0, 0.05) is 19.0 Å². The summed E-state index contributed by atoms with van der Waals surface area (Å²) in [5, 5.41) is 2.73. The number of hydrogen-bond acceptors (Lipinski definition) is 5. The van der Waals surface area contributed by atoms with E-state index in [-0.39, 0.29) is 16.6 Å². The third kappa shape index (κ3) is 4.78. The van der Waals surface area contributed by atoms with E-state index in [0.717, 1.165) is 14.8 Å². The second-order valence-corrected chi connectivity index (χ2v) is 8.92. The molecule has 1 amide bonds. The Balaban J connectivity index is 2.17. The molecule has 26 heavy (non-hydrogen) atoms. The van der Waals surface area contributed by atoms with Gasteiger partial charge in [0.25, 0.3) is 0 Å². The number of hydrogen-bond donors (Lipinski definition) is 1. The van der Waals surface area contributed by atoms with E-state index in [0.29, 0.717) is 11.4 Å². The van der Waals surface area contributed by atoms with E-state index in [4.69, 9.17) is 4.74 Å². The fourth-order valence-electron chi connectivity index (χ4n) is 2.20. The molecule has 140 valence electrons. The van der Waals surface area contributed by atoms with Gasteiger partial charge in [-0.2, -0.15) is 0 Å². The highest BCUT2D eigenvalue weighted by molar-refractivity contribution is 8.00. The molecule has 0 aliphatic carbocycles. The van der Waals surface area contributed by atoms with Crippen LogP contribution >= 0.6 is 11.8 Å². The van der Waals surface area contributed by atoms with Gasteiger partial charge < -0.3 is 10.1 Å². The molecular weight excluding hydrogens is 372 g/mol. The molecule has 0 atom stereocenters. The smallest absolute Gasteiger partial charge is 0.242 e. The van der Waals surface area contributed by atoms with E-state index < -0.39 is 10.0 Å². The lowest BCUT2D eigenvalue weighted by Gasteiger charge is -2.15. The Hall–Kier alpha value is -2.03. The van der Waals surface area contributed by atoms with Crippen molar-refractivity contribution >= 4 is 33.4 Å². The molecule has 8 heteroatoms. The normalized spacial score (nSPS) is 11.4. The van der Waals surface area contributed by atoms with E-state index in [1.807, 2.05) is 31.2 Å². The van der Waals surface area contributed by atoms with Crippen LogP contribution < -0.4 is 10.1 Å². The van der Waals surface area contributed by atoms with Gasteiger partial charge in [0.15, 0.2) is 0 Å². The highest BCUT2D eigenvalue weighted by Crippen LogP contribution is 2.29. The summed E-state index contributed by atoms with van der Waals surface area (Å²) < 4.78 is 30.9. The van der Waals surface area contributed by atoms with E-state index in [2.05, 4.69) is 5.32 Å². The summed E-state index contributed by atoms with van der Waals surface area (Å²) in [5.41, 5.74) is 1.42. The first-order chi connectivity index (χ1) is 12.3. The van der Waals surface area contributed by atoms with Crippen molar-refractivity contribution in [2.75, 3.05) is 32.3 Å². The van der Waals surface area contributed by atoms with Crippen LogP contribution in [0.15, 0.2) is 52.3 Å². The first kappa shape index (κ1) is 20.3. The maximum absolute atomic E-state index is 12.3. The summed E-state index contributed by atoms with van der Waals surface area (Å²) in [6.45, 7) is 1.98. The van der Waals surface area contributed by atoms with E-state index in [9.17, 15) is 13.2 Å². The van der Waals surface area contributed by atoms with Crippen molar-refractivity contribution in [3.05, 3.63) is 48.0 Å². The molecule has 2 aromatic rings. The van der Waals surface area contributed by atoms with E-state index in [1.165, 1.54) is 51.2 Å². The van der Waals surface area contributed by atoms with E-state index >= 15 is 0 Å². The molecular formula is C18H22N2O4S2. The molecule has 6 nitrogen and oxygen atoms in total. The van der Waals surface area contributed by atoms with Gasteiger partial charge in [-0.3, -0.25) is 4.79 Å². The van der Waals surface area contributed by atoms with Gasteiger partial charge in [0.05, 0.1) is 23.4 Å². The zero-order valence-corrected chi connectivity index (χ0v) is 16.8. The number of carbonyl (C=O) groups excluding carboxylic acids is 1. The Morgan fingerprint density at radius 1 is 1.19 bits per heavy atom. The highest BCUT2D eigenvalue weighted by atomic mass is 32.2. The molecule has 0 aliphatic heterocycles. The Labute approximate surface area is 158 Å². The monoisotopic (exact) mass is 394 g/mol. The molecule has 0 saturated carbocycles. The Kier molecular flexibility index (Phi) is 6.69. The summed E-state index contributed by atoms with van der Waals surface area (Å²) in [6.07, 6.45) is 0. The first-order valence-electron chi connectivity index (χ1n) is 7.84. The lowest BCUT2D eigenvalue weighted by atomic mass is 10.2.